The molecule has 0 aliphatic carbocycles. The van der Waals surface area contributed by atoms with Crippen LogP contribution < -0.4 is 4.74 Å². The summed E-state index contributed by atoms with van der Waals surface area (Å²) >= 11 is 0. The number of hydrogen-bond acceptors (Lipinski definition) is 5. The van der Waals surface area contributed by atoms with E-state index in [0.717, 1.165) is 29.7 Å². The van der Waals surface area contributed by atoms with Crippen molar-refractivity contribution in [3.63, 3.8) is 0 Å². The molecule has 2 aromatic carbocycles. The number of amides is 1. The van der Waals surface area contributed by atoms with Gasteiger partial charge in [0.25, 0.3) is 5.91 Å². The first-order valence-electron chi connectivity index (χ1n) is 10.8. The van der Waals surface area contributed by atoms with Gasteiger partial charge in [0, 0.05) is 12.3 Å². The molecule has 4 rings (SSSR count). The number of hydrogen-bond donors (Lipinski definition) is 0. The highest BCUT2D eigenvalue weighted by Gasteiger charge is 2.38. The fourth-order valence-electron chi connectivity index (χ4n) is 4.01. The Labute approximate surface area is 188 Å². The molecular weight excluding hydrogens is 406 g/mol. The molecule has 32 heavy (non-hydrogen) atoms. The Balaban J connectivity index is 1.52. The molecule has 2 aliphatic rings. The maximum Gasteiger partial charge on any atom is 0.340 e. The van der Waals surface area contributed by atoms with E-state index >= 15 is 0 Å². The highest BCUT2D eigenvalue weighted by Crippen LogP contribution is 2.33. The minimum absolute atomic E-state index is 0.00630. The van der Waals surface area contributed by atoms with Gasteiger partial charge < -0.3 is 19.1 Å². The number of rotatable bonds is 7. The number of ether oxygens (including phenoxy) is 3. The molecule has 6 nitrogen and oxygen atoms in total. The molecule has 2 aliphatic heterocycles. The average molecular weight is 434 g/mol. The van der Waals surface area contributed by atoms with Crippen LogP contribution in [-0.2, 0) is 25.7 Å². The van der Waals surface area contributed by atoms with Gasteiger partial charge in [-0.2, -0.15) is 0 Å². The van der Waals surface area contributed by atoms with Crippen molar-refractivity contribution in [2.24, 2.45) is 0 Å². The minimum Gasteiger partial charge on any atom is -0.489 e. The van der Waals surface area contributed by atoms with Crippen LogP contribution in [0.4, 0.5) is 0 Å². The maximum absolute atomic E-state index is 13.2. The normalized spacial score (nSPS) is 19.7. The number of allylic oxidation sites excluding steroid dienone is 1. The van der Waals surface area contributed by atoms with Gasteiger partial charge in [-0.25, -0.2) is 4.79 Å². The van der Waals surface area contributed by atoms with Gasteiger partial charge in [-0.15, -0.1) is 0 Å². The number of methoxy groups -OCH3 is 1. The molecule has 1 amide bonds. The van der Waals surface area contributed by atoms with Crippen LogP contribution in [0.5, 0.6) is 5.75 Å². The summed E-state index contributed by atoms with van der Waals surface area (Å²) in [5.41, 5.74) is 3.13. The third kappa shape index (κ3) is 4.75. The molecule has 2 heterocycles. The lowest BCUT2D eigenvalue weighted by Gasteiger charge is -2.21. The molecule has 0 aromatic heterocycles. The second-order valence-electron chi connectivity index (χ2n) is 7.90. The Morgan fingerprint density at radius 2 is 1.91 bits per heavy atom. The van der Waals surface area contributed by atoms with Crippen molar-refractivity contribution >= 4 is 18.0 Å². The largest absolute Gasteiger partial charge is 0.489 e. The molecule has 0 radical (unpaired) electrons. The fourth-order valence-corrected chi connectivity index (χ4v) is 4.01. The van der Waals surface area contributed by atoms with Crippen LogP contribution in [0.15, 0.2) is 71.4 Å². The van der Waals surface area contributed by atoms with Gasteiger partial charge in [-0.3, -0.25) is 4.79 Å². The van der Waals surface area contributed by atoms with E-state index in [1.54, 1.807) is 17.9 Å². The summed E-state index contributed by atoms with van der Waals surface area (Å²) in [4.78, 5) is 27.3. The number of carbonyl (C=O) groups is 2. The van der Waals surface area contributed by atoms with E-state index < -0.39 is 5.97 Å². The molecule has 1 atom stereocenters. The van der Waals surface area contributed by atoms with Crippen molar-refractivity contribution in [3.8, 4) is 5.75 Å². The molecule has 1 unspecified atom stereocenters. The van der Waals surface area contributed by atoms with Crippen molar-refractivity contribution in [1.82, 2.24) is 4.90 Å². The van der Waals surface area contributed by atoms with Crippen molar-refractivity contribution in [1.29, 1.82) is 0 Å². The van der Waals surface area contributed by atoms with Gasteiger partial charge in [0.15, 0.2) is 0 Å². The quantitative estimate of drug-likeness (QED) is 0.486. The van der Waals surface area contributed by atoms with E-state index in [1.165, 1.54) is 7.11 Å². The Morgan fingerprint density at radius 3 is 2.56 bits per heavy atom. The highest BCUT2D eigenvalue weighted by molar-refractivity contribution is 6.16. The number of carbonyl (C=O) groups excluding carboxylic acids is 2. The number of nitrogens with zero attached hydrogens (tertiary/aromatic N) is 1. The summed E-state index contributed by atoms with van der Waals surface area (Å²) in [6.07, 6.45) is 3.62. The van der Waals surface area contributed by atoms with Crippen LogP contribution in [0.2, 0.25) is 0 Å². The van der Waals surface area contributed by atoms with Crippen molar-refractivity contribution < 1.29 is 23.8 Å². The number of esters is 1. The van der Waals surface area contributed by atoms with Gasteiger partial charge >= 0.3 is 5.97 Å². The van der Waals surface area contributed by atoms with Crippen LogP contribution in [0.1, 0.15) is 30.9 Å². The van der Waals surface area contributed by atoms with Gasteiger partial charge in [0.05, 0.1) is 30.9 Å². The summed E-state index contributed by atoms with van der Waals surface area (Å²) < 4.78 is 16.5. The predicted octanol–water partition coefficient (Wildman–Crippen LogP) is 4.12. The summed E-state index contributed by atoms with van der Waals surface area (Å²) in [5, 5.41) is 0. The molecule has 1 saturated heterocycles. The van der Waals surface area contributed by atoms with E-state index in [9.17, 15) is 9.59 Å². The molecule has 1 fully saturated rings. The minimum atomic E-state index is -0.514. The van der Waals surface area contributed by atoms with Crippen LogP contribution >= 0.6 is 0 Å². The van der Waals surface area contributed by atoms with Crippen molar-refractivity contribution in [3.05, 3.63) is 82.6 Å². The molecule has 0 bridgehead atoms. The van der Waals surface area contributed by atoms with E-state index in [0.29, 0.717) is 36.6 Å². The lowest BCUT2D eigenvalue weighted by molar-refractivity contribution is -0.136. The van der Waals surface area contributed by atoms with Gasteiger partial charge in [0.2, 0.25) is 0 Å². The van der Waals surface area contributed by atoms with Crippen LogP contribution in [-0.4, -0.2) is 43.1 Å². The first-order chi connectivity index (χ1) is 15.6. The number of benzene rings is 2. The zero-order chi connectivity index (χ0) is 22.5. The van der Waals surface area contributed by atoms with Crippen LogP contribution in [0, 0.1) is 0 Å². The van der Waals surface area contributed by atoms with E-state index in [4.69, 9.17) is 14.2 Å². The maximum atomic E-state index is 13.2. The van der Waals surface area contributed by atoms with Gasteiger partial charge in [-0.1, -0.05) is 42.5 Å². The molecule has 6 heteroatoms. The zero-order valence-electron chi connectivity index (χ0n) is 18.4. The van der Waals surface area contributed by atoms with Crippen LogP contribution in [0.3, 0.4) is 0 Å². The van der Waals surface area contributed by atoms with Crippen molar-refractivity contribution in [2.45, 2.75) is 32.5 Å². The Hall–Kier alpha value is -3.38. The summed E-state index contributed by atoms with van der Waals surface area (Å²) in [7, 11) is 1.33. The summed E-state index contributed by atoms with van der Waals surface area (Å²) in [6.45, 7) is 3.41. The van der Waals surface area contributed by atoms with E-state index in [1.807, 2.05) is 54.6 Å². The van der Waals surface area contributed by atoms with Crippen LogP contribution in [0.25, 0.3) is 6.08 Å². The predicted molar refractivity (Wildman–Crippen MR) is 121 cm³/mol. The monoisotopic (exact) mass is 433 g/mol. The molecule has 0 spiro atoms. The molecule has 0 saturated carbocycles. The third-order valence-corrected chi connectivity index (χ3v) is 5.75. The second kappa shape index (κ2) is 9.83. The summed E-state index contributed by atoms with van der Waals surface area (Å²) in [5.74, 6) is 0.0104. The Kier molecular flexibility index (Phi) is 6.71. The smallest absolute Gasteiger partial charge is 0.340 e. The molecule has 2 aromatic rings. The highest BCUT2D eigenvalue weighted by atomic mass is 16.5. The lowest BCUT2D eigenvalue weighted by atomic mass is 10.0. The molecule has 0 N–H and O–H groups in total. The fraction of sp³-hybridized carbons (Fsp3) is 0.308. The zero-order valence-corrected chi connectivity index (χ0v) is 18.4. The standard InChI is InChI=1S/C26H27NO5/c1-18-24(26(29)30-2)23(25(28)27(18)16-22-9-6-14-31-22)15-19-10-12-21(13-11-19)32-17-20-7-4-3-5-8-20/h3-5,7-8,10-13,15,22H,6,9,14,16-17H2,1-2H3. The topological polar surface area (TPSA) is 65.1 Å². The average Bonchev–Trinajstić information content (AvgIpc) is 3.42. The first kappa shape index (κ1) is 21.8. The molecular formula is C26H27NO5. The van der Waals surface area contributed by atoms with E-state index in [2.05, 4.69) is 0 Å². The SMILES string of the molecule is COC(=O)C1=C(C)N(CC2CCCO2)C(=O)C1=Cc1ccc(OCc2ccccc2)cc1. The van der Waals surface area contributed by atoms with Crippen molar-refractivity contribution in [2.75, 3.05) is 20.3 Å². The third-order valence-electron chi connectivity index (χ3n) is 5.75. The van der Waals surface area contributed by atoms with Gasteiger partial charge in [0.1, 0.15) is 12.4 Å². The Bertz CT molecular complexity index is 1030. The first-order valence-corrected chi connectivity index (χ1v) is 10.8. The Morgan fingerprint density at radius 1 is 1.16 bits per heavy atom. The summed E-state index contributed by atoms with van der Waals surface area (Å²) in [6, 6.07) is 17.4. The van der Waals surface area contributed by atoms with Gasteiger partial charge in [-0.05, 0) is 49.1 Å². The van der Waals surface area contributed by atoms with E-state index in [-0.39, 0.29) is 12.0 Å². The molecule has 166 valence electrons. The lowest BCUT2D eigenvalue weighted by Crippen LogP contribution is -2.33. The second-order valence-corrected chi connectivity index (χ2v) is 7.90.